The number of aromatic nitrogens is 5. The zero-order valence-electron chi connectivity index (χ0n) is 19.4. The SMILES string of the molecule is C[S+]([O-])c1ccc(N2CCN(CCn3ncc4c3nc(N)n3nc(-c5ccco5)cc43)CC2)cc1. The van der Waals surface area contributed by atoms with E-state index in [4.69, 9.17) is 10.2 Å². The largest absolute Gasteiger partial charge is 0.612 e. The van der Waals surface area contributed by atoms with Crippen LogP contribution in [-0.2, 0) is 17.7 Å². The average molecular weight is 491 g/mol. The molecule has 1 atom stereocenters. The second-order valence-electron chi connectivity index (χ2n) is 8.66. The standard InChI is InChI=1S/C24H26N8O2S/c1-35(33)18-6-4-17(5-7-18)30-11-8-29(9-12-30)10-13-31-23-19(16-26-31)21-15-20(22-3-2-14-34-22)28-32(21)24(25)27-23/h2-7,14-16H,8-13H2,1H3,(H2,25,27). The van der Waals surface area contributed by atoms with Gasteiger partial charge in [-0.1, -0.05) is 0 Å². The van der Waals surface area contributed by atoms with Crippen molar-refractivity contribution in [1.82, 2.24) is 29.3 Å². The summed E-state index contributed by atoms with van der Waals surface area (Å²) in [7, 11) is 0. The van der Waals surface area contributed by atoms with Crippen molar-refractivity contribution in [3.63, 3.8) is 0 Å². The Kier molecular flexibility index (Phi) is 5.59. The molecule has 1 unspecified atom stereocenters. The van der Waals surface area contributed by atoms with E-state index in [1.54, 1.807) is 17.0 Å². The number of hydrogen-bond donors (Lipinski definition) is 1. The maximum absolute atomic E-state index is 11.6. The van der Waals surface area contributed by atoms with Crippen LogP contribution in [0.15, 0.2) is 64.2 Å². The molecule has 5 aromatic rings. The van der Waals surface area contributed by atoms with Gasteiger partial charge in [0.1, 0.15) is 11.9 Å². The summed E-state index contributed by atoms with van der Waals surface area (Å²) in [6.07, 6.45) is 5.16. The number of benzene rings is 1. The molecule has 0 saturated carbocycles. The molecule has 2 N–H and O–H groups in total. The van der Waals surface area contributed by atoms with E-state index in [2.05, 4.69) is 37.1 Å². The summed E-state index contributed by atoms with van der Waals surface area (Å²) in [5, 5.41) is 10.1. The summed E-state index contributed by atoms with van der Waals surface area (Å²) in [6, 6.07) is 13.7. The first-order valence-corrected chi connectivity index (χ1v) is 13.1. The highest BCUT2D eigenvalue weighted by molar-refractivity contribution is 7.90. The molecule has 4 aromatic heterocycles. The second kappa shape index (κ2) is 8.91. The van der Waals surface area contributed by atoms with Crippen LogP contribution in [0.1, 0.15) is 0 Å². The second-order valence-corrected chi connectivity index (χ2v) is 10.0. The Hall–Kier alpha value is -3.54. The minimum Gasteiger partial charge on any atom is -0.612 e. The average Bonchev–Trinajstić information content (AvgIpc) is 3.63. The lowest BCUT2D eigenvalue weighted by molar-refractivity contribution is 0.245. The van der Waals surface area contributed by atoms with Crippen LogP contribution in [0.4, 0.5) is 11.6 Å². The van der Waals surface area contributed by atoms with E-state index in [1.165, 1.54) is 5.69 Å². The molecular weight excluding hydrogens is 464 g/mol. The molecule has 0 spiro atoms. The molecule has 0 radical (unpaired) electrons. The van der Waals surface area contributed by atoms with Gasteiger partial charge in [-0.25, -0.2) is 4.68 Å². The number of anilines is 2. The van der Waals surface area contributed by atoms with E-state index in [0.717, 1.165) is 60.7 Å². The van der Waals surface area contributed by atoms with E-state index in [-0.39, 0.29) is 0 Å². The number of rotatable bonds is 6. The summed E-state index contributed by atoms with van der Waals surface area (Å²) >= 11 is -0.948. The third kappa shape index (κ3) is 4.11. The molecule has 5 heterocycles. The number of nitrogen functional groups attached to an aromatic ring is 1. The van der Waals surface area contributed by atoms with Crippen molar-refractivity contribution in [2.75, 3.05) is 49.6 Å². The van der Waals surface area contributed by atoms with Crippen molar-refractivity contribution >= 4 is 39.4 Å². The number of piperazine rings is 1. The zero-order valence-corrected chi connectivity index (χ0v) is 20.2. The van der Waals surface area contributed by atoms with Gasteiger partial charge >= 0.3 is 0 Å². The van der Waals surface area contributed by atoms with E-state index in [0.29, 0.717) is 17.4 Å². The van der Waals surface area contributed by atoms with Crippen molar-refractivity contribution in [2.45, 2.75) is 11.4 Å². The van der Waals surface area contributed by atoms with Crippen LogP contribution < -0.4 is 10.6 Å². The van der Waals surface area contributed by atoms with Gasteiger partial charge in [-0.15, -0.1) is 0 Å². The third-order valence-electron chi connectivity index (χ3n) is 6.54. The van der Waals surface area contributed by atoms with Crippen LogP contribution in [0, 0.1) is 0 Å². The summed E-state index contributed by atoms with van der Waals surface area (Å²) in [6.45, 7) is 5.44. The predicted molar refractivity (Wildman–Crippen MR) is 136 cm³/mol. The normalized spacial score (nSPS) is 15.9. The van der Waals surface area contributed by atoms with Crippen molar-refractivity contribution in [2.24, 2.45) is 0 Å². The van der Waals surface area contributed by atoms with Crippen molar-refractivity contribution < 1.29 is 8.97 Å². The first-order chi connectivity index (χ1) is 17.1. The maximum atomic E-state index is 11.6. The molecule has 6 rings (SSSR count). The fourth-order valence-corrected chi connectivity index (χ4v) is 5.12. The Morgan fingerprint density at radius 3 is 2.60 bits per heavy atom. The molecule has 1 saturated heterocycles. The molecule has 0 bridgehead atoms. The number of nitrogens with zero attached hydrogens (tertiary/aromatic N) is 7. The fourth-order valence-electron chi connectivity index (χ4n) is 4.60. The molecule has 180 valence electrons. The van der Waals surface area contributed by atoms with Gasteiger partial charge in [0.2, 0.25) is 5.95 Å². The first-order valence-electron chi connectivity index (χ1n) is 11.5. The Labute approximate surface area is 205 Å². The van der Waals surface area contributed by atoms with Gasteiger partial charge < -0.3 is 19.6 Å². The molecule has 1 aromatic carbocycles. The smallest absolute Gasteiger partial charge is 0.223 e. The van der Waals surface area contributed by atoms with Crippen LogP contribution in [0.5, 0.6) is 0 Å². The third-order valence-corrected chi connectivity index (χ3v) is 7.48. The Bertz CT molecular complexity index is 1450. The van der Waals surface area contributed by atoms with Crippen LogP contribution >= 0.6 is 0 Å². The molecule has 1 aliphatic rings. The van der Waals surface area contributed by atoms with Gasteiger partial charge in [0.25, 0.3) is 0 Å². The highest BCUT2D eigenvalue weighted by Crippen LogP contribution is 2.26. The van der Waals surface area contributed by atoms with Crippen molar-refractivity contribution in [1.29, 1.82) is 0 Å². The number of nitrogens with two attached hydrogens (primary N) is 1. The summed E-state index contributed by atoms with van der Waals surface area (Å²) in [5.41, 5.74) is 9.74. The van der Waals surface area contributed by atoms with Gasteiger partial charge in [-0.2, -0.15) is 19.7 Å². The maximum Gasteiger partial charge on any atom is 0.223 e. The summed E-state index contributed by atoms with van der Waals surface area (Å²) in [4.78, 5) is 10.3. The van der Waals surface area contributed by atoms with Gasteiger partial charge in [-0.05, 0) is 53.6 Å². The number of fused-ring (bicyclic) bond motifs is 3. The lowest BCUT2D eigenvalue weighted by atomic mass is 10.2. The van der Waals surface area contributed by atoms with E-state index >= 15 is 0 Å². The highest BCUT2D eigenvalue weighted by atomic mass is 32.2. The van der Waals surface area contributed by atoms with Gasteiger partial charge in [0.05, 0.1) is 29.9 Å². The van der Waals surface area contributed by atoms with Crippen molar-refractivity contribution in [3.05, 3.63) is 54.9 Å². The van der Waals surface area contributed by atoms with E-state index < -0.39 is 11.2 Å². The Morgan fingerprint density at radius 1 is 1.09 bits per heavy atom. The fraction of sp³-hybridized carbons (Fsp3) is 0.292. The van der Waals surface area contributed by atoms with Crippen LogP contribution in [0.2, 0.25) is 0 Å². The molecular formula is C24H26N8O2S. The summed E-state index contributed by atoms with van der Waals surface area (Å²) < 4.78 is 20.7. The van der Waals surface area contributed by atoms with Gasteiger partial charge in [0, 0.05) is 38.4 Å². The lowest BCUT2D eigenvalue weighted by Crippen LogP contribution is -2.47. The molecule has 1 aliphatic heterocycles. The molecule has 35 heavy (non-hydrogen) atoms. The van der Waals surface area contributed by atoms with Crippen LogP contribution in [0.25, 0.3) is 28.0 Å². The van der Waals surface area contributed by atoms with E-state index in [1.807, 2.05) is 41.2 Å². The van der Waals surface area contributed by atoms with E-state index in [9.17, 15) is 4.55 Å². The minimum absolute atomic E-state index is 0.318. The van der Waals surface area contributed by atoms with Crippen molar-refractivity contribution in [3.8, 4) is 11.5 Å². The molecule has 10 nitrogen and oxygen atoms in total. The monoisotopic (exact) mass is 490 g/mol. The first kappa shape index (κ1) is 22.0. The molecule has 0 aliphatic carbocycles. The van der Waals surface area contributed by atoms with Gasteiger partial charge in [0.15, 0.2) is 16.3 Å². The Balaban J connectivity index is 1.14. The topological polar surface area (TPSA) is 117 Å². The quantitative estimate of drug-likeness (QED) is 0.361. The molecule has 1 fully saturated rings. The lowest BCUT2D eigenvalue weighted by Gasteiger charge is -2.36. The zero-order chi connectivity index (χ0) is 23.9. The molecule has 0 amide bonds. The Morgan fingerprint density at radius 2 is 1.89 bits per heavy atom. The van der Waals surface area contributed by atoms with Crippen LogP contribution in [-0.4, -0.2) is 72.8 Å². The van der Waals surface area contributed by atoms with Gasteiger partial charge in [-0.3, -0.25) is 4.90 Å². The predicted octanol–water partition coefficient (Wildman–Crippen LogP) is 2.48. The van der Waals surface area contributed by atoms with Crippen LogP contribution in [0.3, 0.4) is 0 Å². The minimum atomic E-state index is -0.948. The summed E-state index contributed by atoms with van der Waals surface area (Å²) in [5.74, 6) is 1.00. The number of furan rings is 1. The molecule has 11 heteroatoms. The highest BCUT2D eigenvalue weighted by Gasteiger charge is 2.19. The number of hydrogen-bond acceptors (Lipinski definition) is 8.